The molecule has 0 spiro atoms. The van der Waals surface area contributed by atoms with Crippen LogP contribution in [-0.2, 0) is 4.79 Å². The minimum absolute atomic E-state index is 0.0202. The molecule has 84 valence electrons. The molecule has 1 heterocycles. The quantitative estimate of drug-likeness (QED) is 0.697. The highest BCUT2D eigenvalue weighted by molar-refractivity contribution is 5.84. The topological polar surface area (TPSA) is 44.1 Å². The molecule has 1 aliphatic heterocycles. The first kappa shape index (κ1) is 12.0. The molecule has 0 aromatic heterocycles. The van der Waals surface area contributed by atoms with Crippen LogP contribution in [0, 0.1) is 28.6 Å². The molecule has 1 aliphatic rings. The van der Waals surface area contributed by atoms with Gasteiger partial charge < -0.3 is 4.90 Å². The zero-order chi connectivity index (χ0) is 11.6. The Morgan fingerprint density at radius 2 is 2.13 bits per heavy atom. The Kier molecular flexibility index (Phi) is 3.38. The van der Waals surface area contributed by atoms with E-state index in [0.717, 1.165) is 19.5 Å². The van der Waals surface area contributed by atoms with Crippen LogP contribution in [0.25, 0.3) is 0 Å². The monoisotopic (exact) mass is 208 g/mol. The van der Waals surface area contributed by atoms with E-state index in [0.29, 0.717) is 11.8 Å². The molecule has 1 atom stereocenters. The van der Waals surface area contributed by atoms with Crippen LogP contribution in [-0.4, -0.2) is 23.9 Å². The van der Waals surface area contributed by atoms with Crippen LogP contribution in [0.3, 0.4) is 0 Å². The lowest BCUT2D eigenvalue weighted by atomic mass is 9.93. The van der Waals surface area contributed by atoms with E-state index in [-0.39, 0.29) is 5.91 Å². The lowest BCUT2D eigenvalue weighted by Crippen LogP contribution is -2.39. The van der Waals surface area contributed by atoms with Gasteiger partial charge in [0.2, 0.25) is 5.91 Å². The summed E-state index contributed by atoms with van der Waals surface area (Å²) < 4.78 is 0. The predicted molar refractivity (Wildman–Crippen MR) is 58.9 cm³/mol. The highest BCUT2D eigenvalue weighted by atomic mass is 16.2. The van der Waals surface area contributed by atoms with Gasteiger partial charge in [0.05, 0.1) is 6.07 Å². The summed E-state index contributed by atoms with van der Waals surface area (Å²) >= 11 is 0. The molecule has 0 radical (unpaired) electrons. The Balaban J connectivity index is 2.63. The van der Waals surface area contributed by atoms with Crippen molar-refractivity contribution in [1.29, 1.82) is 5.26 Å². The second kappa shape index (κ2) is 4.22. The summed E-state index contributed by atoms with van der Waals surface area (Å²) in [6.07, 6.45) is 1.07. The molecule has 15 heavy (non-hydrogen) atoms. The van der Waals surface area contributed by atoms with Crippen molar-refractivity contribution in [2.24, 2.45) is 17.3 Å². The normalized spacial score (nSPS) is 21.9. The van der Waals surface area contributed by atoms with Gasteiger partial charge >= 0.3 is 0 Å². The third kappa shape index (κ3) is 2.50. The van der Waals surface area contributed by atoms with Gasteiger partial charge in [-0.25, -0.2) is 0 Å². The molecule has 1 unspecified atom stereocenters. The average Bonchev–Trinajstić information content (AvgIpc) is 2.65. The summed E-state index contributed by atoms with van der Waals surface area (Å²) in [5.74, 6) is 1.20. The number of carbonyl (C=O) groups is 1. The number of hydrogen-bond acceptors (Lipinski definition) is 2. The third-order valence-electron chi connectivity index (χ3n) is 3.27. The molecule has 3 heteroatoms. The molecule has 0 aliphatic carbocycles. The second-order valence-electron chi connectivity index (χ2n) is 5.28. The summed E-state index contributed by atoms with van der Waals surface area (Å²) in [6, 6.07) is 2.07. The molecule has 3 nitrogen and oxygen atoms in total. The zero-order valence-electron chi connectivity index (χ0n) is 10.1. The molecular weight excluding hydrogens is 188 g/mol. The smallest absolute Gasteiger partial charge is 0.242 e. The predicted octanol–water partition coefficient (Wildman–Crippen LogP) is 2.04. The van der Waals surface area contributed by atoms with E-state index in [2.05, 4.69) is 19.9 Å². The maximum Gasteiger partial charge on any atom is 0.242 e. The van der Waals surface area contributed by atoms with Gasteiger partial charge in [-0.1, -0.05) is 13.8 Å². The Hall–Kier alpha value is -1.04. The number of carbonyl (C=O) groups excluding carboxylic acids is 1. The number of nitrogens with zero attached hydrogens (tertiary/aromatic N) is 2. The fraction of sp³-hybridized carbons (Fsp3) is 0.833. The van der Waals surface area contributed by atoms with Crippen molar-refractivity contribution >= 4 is 5.91 Å². The Morgan fingerprint density at radius 3 is 2.53 bits per heavy atom. The molecule has 0 saturated carbocycles. The fourth-order valence-corrected chi connectivity index (χ4v) is 1.96. The maximum atomic E-state index is 12.0. The second-order valence-corrected chi connectivity index (χ2v) is 5.28. The van der Waals surface area contributed by atoms with Crippen LogP contribution in [0.5, 0.6) is 0 Å². The lowest BCUT2D eigenvalue weighted by Gasteiger charge is -2.24. The number of rotatable bonds is 2. The summed E-state index contributed by atoms with van der Waals surface area (Å²) in [5, 5.41) is 8.90. The van der Waals surface area contributed by atoms with Crippen molar-refractivity contribution in [3.05, 3.63) is 0 Å². The standard InChI is InChI=1S/C12H20N2O/c1-9(2)10-5-6-14(7-10)11(15)12(3,4)8-13/h9-10H,5-7H2,1-4H3. The van der Waals surface area contributed by atoms with Crippen molar-refractivity contribution in [1.82, 2.24) is 4.90 Å². The van der Waals surface area contributed by atoms with Crippen molar-refractivity contribution in [2.45, 2.75) is 34.1 Å². The van der Waals surface area contributed by atoms with Gasteiger partial charge in [-0.05, 0) is 32.1 Å². The average molecular weight is 208 g/mol. The van der Waals surface area contributed by atoms with Crippen LogP contribution < -0.4 is 0 Å². The molecule has 1 fully saturated rings. The summed E-state index contributed by atoms with van der Waals surface area (Å²) in [7, 11) is 0. The van der Waals surface area contributed by atoms with Crippen LogP contribution in [0.15, 0.2) is 0 Å². The van der Waals surface area contributed by atoms with Crippen molar-refractivity contribution in [2.75, 3.05) is 13.1 Å². The zero-order valence-corrected chi connectivity index (χ0v) is 10.1. The lowest BCUT2D eigenvalue weighted by molar-refractivity contribution is -0.136. The maximum absolute atomic E-state index is 12.0. The Bertz CT molecular complexity index is 288. The van der Waals surface area contributed by atoms with Gasteiger partial charge in [0.15, 0.2) is 0 Å². The van der Waals surface area contributed by atoms with Crippen molar-refractivity contribution in [3.8, 4) is 6.07 Å². The highest BCUT2D eigenvalue weighted by Gasteiger charge is 2.36. The fourth-order valence-electron chi connectivity index (χ4n) is 1.96. The number of amides is 1. The molecule has 0 bridgehead atoms. The van der Waals surface area contributed by atoms with E-state index in [1.165, 1.54) is 0 Å². The number of nitriles is 1. The van der Waals surface area contributed by atoms with Crippen molar-refractivity contribution in [3.63, 3.8) is 0 Å². The Labute approximate surface area is 92.1 Å². The Morgan fingerprint density at radius 1 is 1.53 bits per heavy atom. The minimum Gasteiger partial charge on any atom is -0.341 e. The van der Waals surface area contributed by atoms with Gasteiger partial charge in [0, 0.05) is 13.1 Å². The van der Waals surface area contributed by atoms with Gasteiger partial charge in [0.25, 0.3) is 0 Å². The van der Waals surface area contributed by atoms with Gasteiger partial charge in [0.1, 0.15) is 5.41 Å². The third-order valence-corrected chi connectivity index (χ3v) is 3.27. The van der Waals surface area contributed by atoms with E-state index in [1.807, 2.05) is 4.90 Å². The van der Waals surface area contributed by atoms with Crippen LogP contribution >= 0.6 is 0 Å². The van der Waals surface area contributed by atoms with Gasteiger partial charge in [-0.3, -0.25) is 4.79 Å². The molecule has 0 aromatic carbocycles. The molecular formula is C12H20N2O. The van der Waals surface area contributed by atoms with Crippen LogP contribution in [0.4, 0.5) is 0 Å². The first-order valence-electron chi connectivity index (χ1n) is 5.59. The minimum atomic E-state index is -0.869. The van der Waals surface area contributed by atoms with Gasteiger partial charge in [-0.2, -0.15) is 5.26 Å². The largest absolute Gasteiger partial charge is 0.341 e. The van der Waals surface area contributed by atoms with Crippen molar-refractivity contribution < 1.29 is 4.79 Å². The summed E-state index contributed by atoms with van der Waals surface area (Å²) in [6.45, 7) is 9.40. The summed E-state index contributed by atoms with van der Waals surface area (Å²) in [4.78, 5) is 13.8. The number of hydrogen-bond donors (Lipinski definition) is 0. The van der Waals surface area contributed by atoms with E-state index < -0.39 is 5.41 Å². The van der Waals surface area contributed by atoms with E-state index >= 15 is 0 Å². The van der Waals surface area contributed by atoms with Gasteiger partial charge in [-0.15, -0.1) is 0 Å². The van der Waals surface area contributed by atoms with E-state index in [4.69, 9.17) is 5.26 Å². The molecule has 1 rings (SSSR count). The molecule has 1 amide bonds. The highest BCUT2D eigenvalue weighted by Crippen LogP contribution is 2.27. The molecule has 1 saturated heterocycles. The van der Waals surface area contributed by atoms with E-state index in [9.17, 15) is 4.79 Å². The first-order valence-corrected chi connectivity index (χ1v) is 5.59. The SMILES string of the molecule is CC(C)C1CCN(C(=O)C(C)(C)C#N)C1. The van der Waals surface area contributed by atoms with Crippen LogP contribution in [0.1, 0.15) is 34.1 Å². The molecule has 0 aromatic rings. The summed E-state index contributed by atoms with van der Waals surface area (Å²) in [5.41, 5.74) is -0.869. The van der Waals surface area contributed by atoms with Crippen LogP contribution in [0.2, 0.25) is 0 Å². The first-order chi connectivity index (χ1) is 6.88. The van der Waals surface area contributed by atoms with E-state index in [1.54, 1.807) is 13.8 Å². The number of likely N-dealkylation sites (tertiary alicyclic amines) is 1. The molecule has 0 N–H and O–H groups in total.